The Morgan fingerprint density at radius 2 is 0.329 bits per heavy atom. The molecular formula is C72H24N2O2. The highest BCUT2D eigenvalue weighted by Crippen LogP contribution is 2.80. The first kappa shape index (κ1) is 30.9. The highest BCUT2D eigenvalue weighted by molar-refractivity contribution is 6.83. The lowest BCUT2D eigenvalue weighted by molar-refractivity contribution is -0.0558. The Hall–Kier alpha value is -8.28. The topological polar surface area (TPSA) is 28.3 Å². The quantitative estimate of drug-likeness (QED) is 0.165. The van der Waals surface area contributed by atoms with Crippen LogP contribution < -0.4 is 0 Å². The first-order chi connectivity index (χ1) is 37.2. The van der Waals surface area contributed by atoms with Crippen molar-refractivity contribution in [2.24, 2.45) is 0 Å². The Kier molecular flexibility index (Phi) is 2.94. The second kappa shape index (κ2) is 7.22. The van der Waals surface area contributed by atoms with E-state index < -0.39 is 0 Å². The number of hydrogen-bond donors (Lipinski definition) is 0. The molecular weight excluding hydrogens is 925 g/mol. The van der Waals surface area contributed by atoms with E-state index in [2.05, 4.69) is 50.7 Å². The van der Waals surface area contributed by atoms with Gasteiger partial charge in [0.1, 0.15) is 0 Å². The molecule has 32 aromatic rings. The number of hydrogen-bond acceptors (Lipinski definition) is 2. The third kappa shape index (κ3) is 1.87. The maximum absolute atomic E-state index is 7.37. The van der Waals surface area contributed by atoms with E-state index in [1.165, 1.54) is 27.5 Å². The molecule has 334 valence electrons. The predicted molar refractivity (Wildman–Crippen MR) is 324 cm³/mol. The van der Waals surface area contributed by atoms with Gasteiger partial charge in [-0.25, -0.2) is 0 Å². The van der Waals surface area contributed by atoms with Gasteiger partial charge >= 0.3 is 0 Å². The van der Waals surface area contributed by atoms with Crippen molar-refractivity contribution in [1.82, 2.24) is 9.13 Å². The zero-order valence-corrected chi connectivity index (χ0v) is 41.3. The zero-order valence-electron chi connectivity index (χ0n) is 41.3. The van der Waals surface area contributed by atoms with Crippen LogP contribution in [0.25, 0.3) is 324 Å². The molecule has 0 aliphatic carbocycles. The van der Waals surface area contributed by atoms with Crippen LogP contribution in [0.15, 0.2) is 0 Å². The van der Waals surface area contributed by atoms with Gasteiger partial charge in [0.05, 0.1) is 58.6 Å². The summed E-state index contributed by atoms with van der Waals surface area (Å²) < 4.78 is 20.8. The van der Waals surface area contributed by atoms with Gasteiger partial charge in [0.15, 0.2) is 0 Å². The van der Waals surface area contributed by atoms with Gasteiger partial charge in [0, 0.05) is 302 Å². The Morgan fingerprint density at radius 1 is 0.197 bits per heavy atom. The largest absolute Gasteiger partial charge is 0.374 e. The second-order valence-electron chi connectivity index (χ2n) is 29.1. The van der Waals surface area contributed by atoms with Crippen LogP contribution in [0.5, 0.6) is 0 Å². The fourth-order valence-corrected chi connectivity index (χ4v) is 24.6. The standard InChI is InChI=1S/C72H24N2O2/c1-71(2,3)75-7-9-10(8-76-72(4,5)6)74-68-63-54-44-34-24-17-12-11-13-15-14(12)21-26(24)36-38-28(21)30-22(15)29-27-20(13)25-23-16(11)18-19(17)32(34)42-41-31(18)33(23)43-45-35(25)37(27)47-49-39(29)40(30)50-48(38)58(56(63)46(36)44)65-60(50)59(49)64-57(47)55(45)62-53(43)51(41)61(52(42)54)66(68)67(62)73(9)69(64)70(65)74/h9-10H,7-8H2,1-6H3/t9-,10-/m1/s1. The van der Waals surface area contributed by atoms with Crippen molar-refractivity contribution in [3.8, 4) is 0 Å². The lowest BCUT2D eigenvalue weighted by atomic mass is 9.88. The normalized spacial score (nSPS) is 19.7. The van der Waals surface area contributed by atoms with Crippen LogP contribution in [0.2, 0.25) is 0 Å². The molecule has 2 atom stereocenters. The first-order valence-electron chi connectivity index (χ1n) is 28.5. The van der Waals surface area contributed by atoms with E-state index in [-0.39, 0.29) is 23.3 Å². The lowest BCUT2D eigenvalue weighted by Gasteiger charge is -2.38. The number of ether oxygens (including phenoxy) is 2. The van der Waals surface area contributed by atoms with Gasteiger partial charge in [-0.1, -0.05) is 0 Å². The summed E-state index contributed by atoms with van der Waals surface area (Å²) in [7, 11) is 0. The molecule has 0 unspecified atom stereocenters. The Labute approximate surface area is 418 Å². The summed E-state index contributed by atoms with van der Waals surface area (Å²) >= 11 is 0. The van der Waals surface area contributed by atoms with Crippen LogP contribution in [0, 0.1) is 0 Å². The van der Waals surface area contributed by atoms with E-state index in [9.17, 15) is 0 Å². The van der Waals surface area contributed by atoms with Crippen molar-refractivity contribution in [2.75, 3.05) is 13.2 Å². The average molecular weight is 949 g/mol. The van der Waals surface area contributed by atoms with Gasteiger partial charge in [-0.15, -0.1) is 0 Å². The molecule has 76 heavy (non-hydrogen) atoms. The van der Waals surface area contributed by atoms with Gasteiger partial charge < -0.3 is 18.6 Å². The molecule has 6 bridgehead atoms. The van der Waals surface area contributed by atoms with Crippen molar-refractivity contribution < 1.29 is 9.47 Å². The van der Waals surface area contributed by atoms with E-state index >= 15 is 0 Å². The van der Waals surface area contributed by atoms with E-state index in [1.54, 1.807) is 296 Å². The van der Waals surface area contributed by atoms with E-state index in [0.717, 1.165) is 0 Å². The Morgan fingerprint density at radius 3 is 0.487 bits per heavy atom. The molecule has 4 heterocycles. The van der Waals surface area contributed by atoms with Gasteiger partial charge in [-0.3, -0.25) is 0 Å². The van der Waals surface area contributed by atoms with Crippen molar-refractivity contribution >= 4 is 324 Å². The minimum atomic E-state index is -0.324. The second-order valence-corrected chi connectivity index (χ2v) is 29.1. The number of nitrogens with zero attached hydrogens (tertiary/aromatic N) is 2. The van der Waals surface area contributed by atoms with Crippen molar-refractivity contribution in [2.45, 2.75) is 64.8 Å². The van der Waals surface area contributed by atoms with Gasteiger partial charge in [0.2, 0.25) is 0 Å². The fraction of sp³-hybridized carbons (Fsp3) is 0.167. The van der Waals surface area contributed by atoms with Crippen LogP contribution in [0.1, 0.15) is 53.6 Å². The van der Waals surface area contributed by atoms with Gasteiger partial charge in [0.25, 0.3) is 0 Å². The summed E-state index contributed by atoms with van der Waals surface area (Å²) in [6.07, 6.45) is 0. The van der Waals surface area contributed by atoms with E-state index in [0.29, 0.717) is 13.2 Å². The van der Waals surface area contributed by atoms with Crippen molar-refractivity contribution in [3.63, 3.8) is 0 Å². The van der Waals surface area contributed by atoms with Crippen LogP contribution in [0.4, 0.5) is 0 Å². The third-order valence-corrected chi connectivity index (χ3v) is 25.3. The van der Waals surface area contributed by atoms with Crippen LogP contribution >= 0.6 is 0 Å². The average Bonchev–Trinajstić information content (AvgIpc) is 1.88. The maximum Gasteiger partial charge on any atom is 0.0807 e. The molecule has 0 radical (unpaired) electrons. The maximum atomic E-state index is 7.37. The first-order valence-corrected chi connectivity index (χ1v) is 28.5. The number of benzene rings is 18. The van der Waals surface area contributed by atoms with Crippen LogP contribution in [-0.2, 0) is 9.47 Å². The summed E-state index contributed by atoms with van der Waals surface area (Å²) in [5.74, 6) is 0. The minimum absolute atomic E-state index is 0.0143. The van der Waals surface area contributed by atoms with Crippen molar-refractivity contribution in [1.29, 1.82) is 0 Å². The molecule has 0 fully saturated rings. The SMILES string of the molecule is CC(C)(C)OC[C@@H]1[C@@H](COC(C)(C)C)n2c3c4c5c6c7c8c9c%10c%11c%12c%13c%10c%10c8c8c%14c%10c%10c%13c%13c%15c%12c%12c%16c%11c%11c9c7c7c9c%11c%16c%11c%16c%12c%15c%12c%15c%13c%10c%10c%14c(c4c86)c4c%10c%15c6c%12c%16c8c%11c9c(c75)c3c8n1c6c42. The molecule has 3 aromatic heterocycles. The van der Waals surface area contributed by atoms with E-state index in [4.69, 9.17) is 9.47 Å². The molecule has 1 aliphatic heterocycles. The molecule has 0 saturated carbocycles. The molecule has 1 aliphatic rings. The van der Waals surface area contributed by atoms with Crippen molar-refractivity contribution in [3.05, 3.63) is 0 Å². The fourth-order valence-electron chi connectivity index (χ4n) is 24.6. The molecule has 0 spiro atoms. The minimum Gasteiger partial charge on any atom is -0.374 e. The highest BCUT2D eigenvalue weighted by Gasteiger charge is 2.52. The predicted octanol–water partition coefficient (Wildman–Crippen LogP) is 20.2. The monoisotopic (exact) mass is 948 g/mol. The summed E-state index contributed by atoms with van der Waals surface area (Å²) in [5.41, 5.74) is 5.31. The summed E-state index contributed by atoms with van der Waals surface area (Å²) in [4.78, 5) is 0. The Bertz CT molecular complexity index is 7490. The smallest absolute Gasteiger partial charge is 0.0807 e. The molecule has 4 nitrogen and oxygen atoms in total. The third-order valence-electron chi connectivity index (χ3n) is 25.3. The van der Waals surface area contributed by atoms with Crippen LogP contribution in [-0.4, -0.2) is 33.6 Å². The van der Waals surface area contributed by atoms with E-state index in [1.807, 2.05) is 0 Å². The summed E-state index contributed by atoms with van der Waals surface area (Å²) in [6.45, 7) is 14.9. The molecule has 33 rings (SSSR count). The number of aromatic nitrogens is 2. The molecule has 4 heteroatoms. The summed E-state index contributed by atoms with van der Waals surface area (Å²) in [5, 5.41) is 90.2. The van der Waals surface area contributed by atoms with Gasteiger partial charge in [-0.05, 0) is 41.5 Å². The number of rotatable bonds is 4. The molecule has 0 amide bonds. The highest BCUT2D eigenvalue weighted by atomic mass is 16.5. The molecule has 0 N–H and O–H groups in total. The Balaban J connectivity index is 1.14. The molecule has 29 aromatic carbocycles. The van der Waals surface area contributed by atoms with Crippen LogP contribution in [0.3, 0.4) is 0 Å². The summed E-state index contributed by atoms with van der Waals surface area (Å²) in [6, 6.07) is -0.0285. The molecule has 0 saturated heterocycles. The van der Waals surface area contributed by atoms with Gasteiger partial charge in [-0.2, -0.15) is 0 Å². The lowest BCUT2D eigenvalue weighted by Crippen LogP contribution is -2.37. The zero-order chi connectivity index (χ0) is 46.8.